The van der Waals surface area contributed by atoms with Gasteiger partial charge in [0.15, 0.2) is 10.6 Å². The predicted molar refractivity (Wildman–Crippen MR) is 99.6 cm³/mol. The van der Waals surface area contributed by atoms with Gasteiger partial charge < -0.3 is 5.32 Å². The van der Waals surface area contributed by atoms with Crippen LogP contribution in [0.5, 0.6) is 0 Å². The van der Waals surface area contributed by atoms with Crippen molar-refractivity contribution in [2.45, 2.75) is 51.5 Å². The Bertz CT molecular complexity index is 713. The van der Waals surface area contributed by atoms with Crippen molar-refractivity contribution in [3.8, 4) is 10.7 Å². The Morgan fingerprint density at radius 3 is 3.00 bits per heavy atom. The van der Waals surface area contributed by atoms with Gasteiger partial charge in [-0.05, 0) is 42.9 Å². The van der Waals surface area contributed by atoms with Gasteiger partial charge in [-0.25, -0.2) is 0 Å². The second kappa shape index (κ2) is 8.07. The zero-order valence-electron chi connectivity index (χ0n) is 14.0. The monoisotopic (exact) mass is 364 g/mol. The van der Waals surface area contributed by atoms with Crippen molar-refractivity contribution in [2.75, 3.05) is 6.54 Å². The Morgan fingerprint density at radius 2 is 2.29 bits per heavy atom. The third kappa shape index (κ3) is 3.95. The molecule has 0 bridgehead atoms. The molecule has 3 rings (SSSR count). The maximum absolute atomic E-state index is 12.5. The van der Waals surface area contributed by atoms with E-state index in [-0.39, 0.29) is 11.9 Å². The molecule has 24 heavy (non-hydrogen) atoms. The zero-order chi connectivity index (χ0) is 16.9. The molecule has 130 valence electrons. The van der Waals surface area contributed by atoms with E-state index in [1.54, 1.807) is 15.9 Å². The molecule has 2 N–H and O–H groups in total. The van der Waals surface area contributed by atoms with Crippen molar-refractivity contribution in [1.82, 2.24) is 20.1 Å². The Kier molecular flexibility index (Phi) is 5.84. The first-order valence-electron chi connectivity index (χ1n) is 8.65. The van der Waals surface area contributed by atoms with Crippen molar-refractivity contribution < 1.29 is 4.79 Å². The molecule has 2 aromatic heterocycles. The van der Waals surface area contributed by atoms with Gasteiger partial charge in [-0.15, -0.1) is 11.3 Å². The molecule has 0 aromatic carbocycles. The third-order valence-electron chi connectivity index (χ3n) is 4.79. The van der Waals surface area contributed by atoms with Crippen molar-refractivity contribution in [3.63, 3.8) is 0 Å². The Morgan fingerprint density at radius 1 is 1.50 bits per heavy atom. The molecule has 1 atom stereocenters. The fraction of sp³-hybridized carbons (Fsp3) is 0.588. The van der Waals surface area contributed by atoms with Crippen molar-refractivity contribution in [2.24, 2.45) is 5.92 Å². The highest BCUT2D eigenvalue weighted by Crippen LogP contribution is 2.27. The topological polar surface area (TPSA) is 62.7 Å². The highest BCUT2D eigenvalue weighted by Gasteiger charge is 2.21. The summed E-state index contributed by atoms with van der Waals surface area (Å²) in [5.74, 6) is 1.50. The number of rotatable bonds is 6. The summed E-state index contributed by atoms with van der Waals surface area (Å²) >= 11 is 6.91. The number of thiophene rings is 1. The largest absolute Gasteiger partial charge is 0.354 e. The molecule has 2 heterocycles. The summed E-state index contributed by atoms with van der Waals surface area (Å²) in [6, 6.07) is 3.58. The highest BCUT2D eigenvalue weighted by atomic mass is 32.1. The molecular weight excluding hydrogens is 340 g/mol. The quantitative estimate of drug-likeness (QED) is 0.751. The summed E-state index contributed by atoms with van der Waals surface area (Å²) < 4.78 is 2.28. The van der Waals surface area contributed by atoms with Gasteiger partial charge in [0.1, 0.15) is 6.04 Å². The molecule has 0 spiro atoms. The molecule has 1 aliphatic carbocycles. The van der Waals surface area contributed by atoms with Crippen molar-refractivity contribution >= 4 is 29.5 Å². The molecular formula is C17H24N4OS2. The summed E-state index contributed by atoms with van der Waals surface area (Å²) in [5.41, 5.74) is 0. The minimum absolute atomic E-state index is 0.00103. The van der Waals surface area contributed by atoms with Crippen LogP contribution >= 0.6 is 23.6 Å². The van der Waals surface area contributed by atoms with Crippen LogP contribution in [0.1, 0.15) is 51.5 Å². The van der Waals surface area contributed by atoms with Crippen molar-refractivity contribution in [1.29, 1.82) is 0 Å². The molecule has 0 radical (unpaired) electrons. The molecule has 2 aromatic rings. The van der Waals surface area contributed by atoms with Crippen LogP contribution in [0, 0.1) is 10.7 Å². The Hall–Kier alpha value is -1.47. The van der Waals surface area contributed by atoms with Gasteiger partial charge in [-0.3, -0.25) is 14.5 Å². The molecule has 0 aliphatic heterocycles. The standard InChI is InChI=1S/C17H24N4OS2/c1-12(16(22)18-10-9-13-6-3-2-4-7-13)21-15(19-20-17(21)23)14-8-5-11-24-14/h5,8,11-13H,2-4,6-7,9-10H2,1H3,(H,18,22)(H,20,23). The van der Waals surface area contributed by atoms with E-state index in [1.165, 1.54) is 32.1 Å². The van der Waals surface area contributed by atoms with Gasteiger partial charge in [-0.2, -0.15) is 5.10 Å². The van der Waals surface area contributed by atoms with Gasteiger partial charge >= 0.3 is 0 Å². The number of aromatic nitrogens is 3. The van der Waals surface area contributed by atoms with E-state index < -0.39 is 0 Å². The minimum Gasteiger partial charge on any atom is -0.354 e. The lowest BCUT2D eigenvalue weighted by atomic mass is 9.87. The number of hydrogen-bond acceptors (Lipinski definition) is 4. The minimum atomic E-state index is -0.375. The molecule has 1 fully saturated rings. The Balaban J connectivity index is 1.61. The fourth-order valence-corrected chi connectivity index (χ4v) is 4.38. The summed E-state index contributed by atoms with van der Waals surface area (Å²) in [6.07, 6.45) is 7.73. The van der Waals surface area contributed by atoms with Crippen LogP contribution in [-0.2, 0) is 4.79 Å². The van der Waals surface area contributed by atoms with Gasteiger partial charge in [0, 0.05) is 6.54 Å². The second-order valence-corrected chi connectivity index (χ2v) is 7.79. The van der Waals surface area contributed by atoms with Gasteiger partial charge in [0.05, 0.1) is 4.88 Å². The van der Waals surface area contributed by atoms with E-state index in [0.717, 1.165) is 29.6 Å². The third-order valence-corrected chi connectivity index (χ3v) is 5.94. The summed E-state index contributed by atoms with van der Waals surface area (Å²) in [6.45, 7) is 2.62. The summed E-state index contributed by atoms with van der Waals surface area (Å²) in [4.78, 5) is 13.5. The van der Waals surface area contributed by atoms with Crippen molar-refractivity contribution in [3.05, 3.63) is 22.3 Å². The van der Waals surface area contributed by atoms with Crippen LogP contribution in [-0.4, -0.2) is 27.2 Å². The smallest absolute Gasteiger partial charge is 0.242 e. The first kappa shape index (κ1) is 17.4. The number of H-pyrrole nitrogens is 1. The Labute approximate surface area is 151 Å². The van der Waals surface area contributed by atoms with Crippen LogP contribution < -0.4 is 5.32 Å². The van der Waals surface area contributed by atoms with E-state index in [0.29, 0.717) is 4.77 Å². The summed E-state index contributed by atoms with van der Waals surface area (Å²) in [5, 5.41) is 12.2. The van der Waals surface area contributed by atoms with Gasteiger partial charge in [0.2, 0.25) is 5.91 Å². The molecule has 1 aliphatic rings. The van der Waals surface area contributed by atoms with Gasteiger partial charge in [-0.1, -0.05) is 38.2 Å². The summed E-state index contributed by atoms with van der Waals surface area (Å²) in [7, 11) is 0. The first-order valence-corrected chi connectivity index (χ1v) is 9.94. The van der Waals surface area contributed by atoms with Crippen LogP contribution in [0.25, 0.3) is 10.7 Å². The fourth-order valence-electron chi connectivity index (χ4n) is 3.38. The average molecular weight is 365 g/mol. The SMILES string of the molecule is CC(C(=O)NCCC1CCCCC1)n1c(-c2cccs2)n[nH]c1=S. The number of aromatic amines is 1. The lowest BCUT2D eigenvalue weighted by molar-refractivity contribution is -0.123. The number of carbonyl (C=O) groups is 1. The van der Waals surface area contributed by atoms with E-state index >= 15 is 0 Å². The number of nitrogens with zero attached hydrogens (tertiary/aromatic N) is 2. The van der Waals surface area contributed by atoms with E-state index in [9.17, 15) is 4.79 Å². The number of hydrogen-bond donors (Lipinski definition) is 2. The number of amides is 1. The molecule has 7 heteroatoms. The molecule has 5 nitrogen and oxygen atoms in total. The molecule has 1 unspecified atom stereocenters. The van der Waals surface area contributed by atoms with E-state index in [2.05, 4.69) is 15.5 Å². The zero-order valence-corrected chi connectivity index (χ0v) is 15.6. The lowest BCUT2D eigenvalue weighted by Crippen LogP contribution is -2.33. The second-order valence-electron chi connectivity index (χ2n) is 6.46. The maximum atomic E-state index is 12.5. The molecule has 1 amide bonds. The van der Waals surface area contributed by atoms with Crippen LogP contribution in [0.2, 0.25) is 0 Å². The molecule has 0 saturated heterocycles. The van der Waals surface area contributed by atoms with E-state index in [4.69, 9.17) is 12.2 Å². The average Bonchev–Trinajstić information content (AvgIpc) is 3.24. The normalized spacial score (nSPS) is 16.9. The highest BCUT2D eigenvalue weighted by molar-refractivity contribution is 7.71. The van der Waals surface area contributed by atoms with Crippen LogP contribution in [0.15, 0.2) is 17.5 Å². The first-order chi connectivity index (χ1) is 11.7. The molecule has 1 saturated carbocycles. The van der Waals surface area contributed by atoms with Crippen LogP contribution in [0.4, 0.5) is 0 Å². The number of nitrogens with one attached hydrogen (secondary N) is 2. The van der Waals surface area contributed by atoms with Crippen LogP contribution in [0.3, 0.4) is 0 Å². The lowest BCUT2D eigenvalue weighted by Gasteiger charge is -2.22. The van der Waals surface area contributed by atoms with E-state index in [1.807, 2.05) is 24.4 Å². The maximum Gasteiger partial charge on any atom is 0.242 e. The predicted octanol–water partition coefficient (Wildman–Crippen LogP) is 4.32. The number of carbonyl (C=O) groups excluding carboxylic acids is 1. The van der Waals surface area contributed by atoms with Gasteiger partial charge in [0.25, 0.3) is 0 Å².